The smallest absolute Gasteiger partial charge is 0.406 e. The van der Waals surface area contributed by atoms with Crippen molar-refractivity contribution in [3.05, 3.63) is 54.5 Å². The summed E-state index contributed by atoms with van der Waals surface area (Å²) in [7, 11) is -3.93. The maximum atomic E-state index is 13.1. The Labute approximate surface area is 158 Å². The Morgan fingerprint density at radius 1 is 1.07 bits per heavy atom. The number of hydrogen-bond donors (Lipinski definition) is 0. The van der Waals surface area contributed by atoms with Gasteiger partial charge in [-0.2, -0.15) is 4.31 Å². The van der Waals surface area contributed by atoms with Gasteiger partial charge in [0.25, 0.3) is 0 Å². The second kappa shape index (κ2) is 6.74. The highest BCUT2D eigenvalue weighted by atomic mass is 32.2. The minimum atomic E-state index is -4.84. The van der Waals surface area contributed by atoms with Crippen LogP contribution >= 0.6 is 0 Å². The number of sulfonamides is 1. The summed E-state index contributed by atoms with van der Waals surface area (Å²) in [5, 5.41) is 8.22. The summed E-state index contributed by atoms with van der Waals surface area (Å²) in [4.78, 5) is -0.109. The van der Waals surface area contributed by atoms with Crippen LogP contribution in [0.15, 0.2) is 53.6 Å². The van der Waals surface area contributed by atoms with Gasteiger partial charge >= 0.3 is 6.36 Å². The number of pyridine rings is 1. The van der Waals surface area contributed by atoms with E-state index in [1.54, 1.807) is 22.7 Å². The van der Waals surface area contributed by atoms with Gasteiger partial charge in [-0.25, -0.2) is 8.42 Å². The van der Waals surface area contributed by atoms with Crippen molar-refractivity contribution in [2.24, 2.45) is 0 Å². The van der Waals surface area contributed by atoms with E-state index >= 15 is 0 Å². The highest BCUT2D eigenvalue weighted by Crippen LogP contribution is 2.36. The lowest BCUT2D eigenvalue weighted by atomic mass is 10.2. The first-order valence-electron chi connectivity index (χ1n) is 8.43. The number of fused-ring (bicyclic) bond motifs is 1. The first-order chi connectivity index (χ1) is 13.3. The predicted octanol–water partition coefficient (Wildman–Crippen LogP) is 3.15. The van der Waals surface area contributed by atoms with E-state index in [4.69, 9.17) is 0 Å². The number of hydrogen-bond acceptors (Lipinski definition) is 5. The van der Waals surface area contributed by atoms with Crippen LogP contribution in [0, 0.1) is 0 Å². The Kier molecular flexibility index (Phi) is 4.50. The van der Waals surface area contributed by atoms with E-state index in [-0.39, 0.29) is 11.4 Å². The second-order valence-corrected chi connectivity index (χ2v) is 8.17. The lowest BCUT2D eigenvalue weighted by Crippen LogP contribution is -2.31. The van der Waals surface area contributed by atoms with Crippen LogP contribution in [0.4, 0.5) is 13.2 Å². The molecular weight excluding hydrogens is 397 g/mol. The Morgan fingerprint density at radius 2 is 1.82 bits per heavy atom. The summed E-state index contributed by atoms with van der Waals surface area (Å²) in [6.45, 7) is 0.287. The van der Waals surface area contributed by atoms with E-state index in [1.807, 2.05) is 6.07 Å². The molecule has 3 aromatic rings. The van der Waals surface area contributed by atoms with Crippen LogP contribution in [0.1, 0.15) is 24.7 Å². The van der Waals surface area contributed by atoms with Crippen molar-refractivity contribution in [2.45, 2.75) is 30.1 Å². The van der Waals surface area contributed by atoms with E-state index in [0.29, 0.717) is 24.3 Å². The Bertz CT molecular complexity index is 1100. The molecule has 28 heavy (non-hydrogen) atoms. The SMILES string of the molecule is O=S(=O)(c1ccc(OC(F)(F)F)cc1)N1CCC[C@@H]1c1nnc2ccccn12. The maximum absolute atomic E-state index is 13.1. The van der Waals surface area contributed by atoms with E-state index < -0.39 is 28.2 Å². The first-order valence-corrected chi connectivity index (χ1v) is 9.87. The summed E-state index contributed by atoms with van der Waals surface area (Å²) < 4.78 is 69.9. The van der Waals surface area contributed by atoms with E-state index in [0.717, 1.165) is 24.3 Å². The number of ether oxygens (including phenoxy) is 1. The fourth-order valence-corrected chi connectivity index (χ4v) is 4.98. The van der Waals surface area contributed by atoms with Gasteiger partial charge in [-0.1, -0.05) is 6.07 Å². The number of aromatic nitrogens is 3. The summed E-state index contributed by atoms with van der Waals surface area (Å²) in [6, 6.07) is 9.05. The largest absolute Gasteiger partial charge is 0.573 e. The molecule has 11 heteroatoms. The van der Waals surface area contributed by atoms with Crippen molar-refractivity contribution in [2.75, 3.05) is 6.54 Å². The van der Waals surface area contributed by atoms with Crippen molar-refractivity contribution in [3.63, 3.8) is 0 Å². The minimum Gasteiger partial charge on any atom is -0.406 e. The molecule has 4 rings (SSSR count). The zero-order chi connectivity index (χ0) is 19.9. The van der Waals surface area contributed by atoms with Gasteiger partial charge in [-0.05, 0) is 49.2 Å². The van der Waals surface area contributed by atoms with Gasteiger partial charge in [0.15, 0.2) is 11.5 Å². The Morgan fingerprint density at radius 3 is 2.54 bits per heavy atom. The first kappa shape index (κ1) is 18.7. The standard InChI is InChI=1S/C17H15F3N4O3S/c18-17(19,20)27-12-6-8-13(9-7-12)28(25,26)24-11-3-4-14(24)16-22-21-15-5-1-2-10-23(15)16/h1-2,5-10,14H,3-4,11H2/t14-/m1/s1. The highest BCUT2D eigenvalue weighted by molar-refractivity contribution is 7.89. The van der Waals surface area contributed by atoms with Gasteiger partial charge in [0.2, 0.25) is 10.0 Å². The molecule has 1 aromatic carbocycles. The monoisotopic (exact) mass is 412 g/mol. The Balaban J connectivity index is 1.65. The molecule has 0 unspecified atom stereocenters. The molecule has 7 nitrogen and oxygen atoms in total. The number of benzene rings is 1. The van der Waals surface area contributed by atoms with Gasteiger partial charge in [-0.3, -0.25) is 4.40 Å². The van der Waals surface area contributed by atoms with Crippen molar-refractivity contribution in [1.82, 2.24) is 18.9 Å². The van der Waals surface area contributed by atoms with Gasteiger partial charge in [0.1, 0.15) is 5.75 Å². The third-order valence-electron chi connectivity index (χ3n) is 4.51. The second-order valence-electron chi connectivity index (χ2n) is 6.28. The molecule has 0 bridgehead atoms. The van der Waals surface area contributed by atoms with E-state index in [2.05, 4.69) is 14.9 Å². The molecule has 148 valence electrons. The summed E-state index contributed by atoms with van der Waals surface area (Å²) in [5.74, 6) is 0.0292. The van der Waals surface area contributed by atoms with Crippen molar-refractivity contribution in [1.29, 1.82) is 0 Å². The fraction of sp³-hybridized carbons (Fsp3) is 0.294. The van der Waals surface area contributed by atoms with Crippen molar-refractivity contribution in [3.8, 4) is 5.75 Å². The number of alkyl halides is 3. The van der Waals surface area contributed by atoms with Crippen LogP contribution in [0.25, 0.3) is 5.65 Å². The van der Waals surface area contributed by atoms with Gasteiger partial charge in [0.05, 0.1) is 10.9 Å². The zero-order valence-corrected chi connectivity index (χ0v) is 15.2. The topological polar surface area (TPSA) is 76.8 Å². The third-order valence-corrected chi connectivity index (χ3v) is 6.43. The minimum absolute atomic E-state index is 0.109. The fourth-order valence-electron chi connectivity index (χ4n) is 3.32. The maximum Gasteiger partial charge on any atom is 0.573 e. The average molecular weight is 412 g/mol. The molecule has 0 N–H and O–H groups in total. The van der Waals surface area contributed by atoms with Crippen LogP contribution in [0.2, 0.25) is 0 Å². The van der Waals surface area contributed by atoms with E-state index in [9.17, 15) is 21.6 Å². The molecule has 1 aliphatic rings. The molecule has 3 heterocycles. The summed E-state index contributed by atoms with van der Waals surface area (Å²) in [5.41, 5.74) is 0.607. The molecule has 0 spiro atoms. The molecule has 1 atom stereocenters. The van der Waals surface area contributed by atoms with E-state index in [1.165, 1.54) is 4.31 Å². The predicted molar refractivity (Wildman–Crippen MR) is 92.0 cm³/mol. The van der Waals surface area contributed by atoms with Crippen LogP contribution in [-0.4, -0.2) is 40.2 Å². The summed E-state index contributed by atoms with van der Waals surface area (Å²) in [6.07, 6.45) is -1.86. The molecule has 0 saturated carbocycles. The quantitative estimate of drug-likeness (QED) is 0.658. The van der Waals surface area contributed by atoms with Gasteiger partial charge in [0, 0.05) is 12.7 Å². The van der Waals surface area contributed by atoms with Crippen molar-refractivity contribution >= 4 is 15.7 Å². The molecule has 1 fully saturated rings. The molecular formula is C17H15F3N4O3S. The van der Waals surface area contributed by atoms with Crippen LogP contribution in [-0.2, 0) is 10.0 Å². The number of rotatable bonds is 4. The molecule has 1 aliphatic heterocycles. The molecule has 0 aliphatic carbocycles. The van der Waals surface area contributed by atoms with Crippen LogP contribution in [0.3, 0.4) is 0 Å². The zero-order valence-electron chi connectivity index (χ0n) is 14.4. The lowest BCUT2D eigenvalue weighted by Gasteiger charge is -2.23. The van der Waals surface area contributed by atoms with Gasteiger partial charge < -0.3 is 4.74 Å². The molecule has 0 radical (unpaired) electrons. The lowest BCUT2D eigenvalue weighted by molar-refractivity contribution is -0.274. The number of nitrogens with zero attached hydrogens (tertiary/aromatic N) is 4. The van der Waals surface area contributed by atoms with Crippen LogP contribution < -0.4 is 4.74 Å². The molecule has 0 amide bonds. The van der Waals surface area contributed by atoms with Crippen LogP contribution in [0.5, 0.6) is 5.75 Å². The average Bonchev–Trinajstić information content (AvgIpc) is 3.27. The Hall–Kier alpha value is -2.66. The normalized spacial score (nSPS) is 18.6. The number of halogens is 3. The third kappa shape index (κ3) is 3.42. The summed E-state index contributed by atoms with van der Waals surface area (Å²) >= 11 is 0. The highest BCUT2D eigenvalue weighted by Gasteiger charge is 2.39. The van der Waals surface area contributed by atoms with Gasteiger partial charge in [-0.15, -0.1) is 23.4 Å². The van der Waals surface area contributed by atoms with Crippen molar-refractivity contribution < 1.29 is 26.3 Å². The molecule has 2 aromatic heterocycles. The molecule has 1 saturated heterocycles.